The largest absolute Gasteiger partial charge is 0.445 e. The first kappa shape index (κ1) is 13.3. The quantitative estimate of drug-likeness (QED) is 0.661. The predicted octanol–water partition coefficient (Wildman–Crippen LogP) is 1.31. The van der Waals surface area contributed by atoms with Crippen LogP contribution in [-0.4, -0.2) is 45.0 Å². The van der Waals surface area contributed by atoms with Crippen LogP contribution in [0.5, 0.6) is 0 Å². The third-order valence-electron chi connectivity index (χ3n) is 2.17. The Balaban J connectivity index is 2.27. The number of amides is 2. The minimum atomic E-state index is -4.63. The molecule has 0 bridgehead atoms. The summed E-state index contributed by atoms with van der Waals surface area (Å²) in [4.78, 5) is 13.5. The monoisotopic (exact) mass is 302 g/mol. The highest BCUT2D eigenvalue weighted by Crippen LogP contribution is 2.35. The van der Waals surface area contributed by atoms with E-state index in [1.165, 1.54) is 0 Å². The summed E-state index contributed by atoms with van der Waals surface area (Å²) >= 11 is 5.64. The molecule has 2 rings (SSSR count). The van der Waals surface area contributed by atoms with Gasteiger partial charge in [-0.1, -0.05) is 11.3 Å². The van der Waals surface area contributed by atoms with Crippen molar-refractivity contribution in [3.8, 4) is 0 Å². The van der Waals surface area contributed by atoms with Crippen molar-refractivity contribution in [1.82, 2.24) is 15.1 Å². The summed E-state index contributed by atoms with van der Waals surface area (Å²) in [7, 11) is 0. The molecule has 1 unspecified atom stereocenters. The number of hydrogen-bond donors (Lipinski definition) is 1. The zero-order chi connectivity index (χ0) is 13.5. The van der Waals surface area contributed by atoms with E-state index in [1.807, 2.05) is 0 Å². The molecule has 0 aliphatic carbocycles. The van der Waals surface area contributed by atoms with Crippen molar-refractivity contribution < 1.29 is 23.1 Å². The van der Waals surface area contributed by atoms with Crippen molar-refractivity contribution in [2.45, 2.75) is 12.4 Å². The normalized spacial score (nSPS) is 20.9. The molecule has 0 aromatic carbocycles. The van der Waals surface area contributed by atoms with Crippen LogP contribution in [0.25, 0.3) is 0 Å². The van der Waals surface area contributed by atoms with E-state index in [9.17, 15) is 23.1 Å². The Morgan fingerprint density at radius 2 is 2.17 bits per heavy atom. The summed E-state index contributed by atoms with van der Waals surface area (Å²) in [6.07, 6.45) is -5.92. The third-order valence-corrected chi connectivity index (χ3v) is 3.42. The lowest BCUT2D eigenvalue weighted by molar-refractivity contribution is -0.138. The minimum Gasteiger partial charge on any atom is -0.371 e. The number of rotatable bonds is 2. The molecule has 11 heteroatoms. The molecular weight excluding hydrogens is 297 g/mol. The van der Waals surface area contributed by atoms with Gasteiger partial charge in [0.05, 0.1) is 12.5 Å². The lowest BCUT2D eigenvalue weighted by Crippen LogP contribution is -2.34. The molecule has 1 aromatic heterocycles. The van der Waals surface area contributed by atoms with Gasteiger partial charge in [0.25, 0.3) is 0 Å². The van der Waals surface area contributed by atoms with Gasteiger partial charge in [0.2, 0.25) is 10.1 Å². The van der Waals surface area contributed by atoms with Crippen LogP contribution < -0.4 is 4.90 Å². The Labute approximate surface area is 108 Å². The fourth-order valence-electron chi connectivity index (χ4n) is 1.37. The summed E-state index contributed by atoms with van der Waals surface area (Å²) in [5.41, 5.74) is 0. The van der Waals surface area contributed by atoms with Gasteiger partial charge in [-0.2, -0.15) is 13.2 Å². The number of carbonyl (C=O) groups excluding carboxylic acids is 1. The van der Waals surface area contributed by atoms with Gasteiger partial charge in [0.1, 0.15) is 0 Å². The Morgan fingerprint density at radius 1 is 1.50 bits per heavy atom. The fraction of sp³-hybridized carbons (Fsp3) is 0.571. The van der Waals surface area contributed by atoms with E-state index in [2.05, 4.69) is 10.2 Å². The van der Waals surface area contributed by atoms with E-state index in [4.69, 9.17) is 11.6 Å². The van der Waals surface area contributed by atoms with E-state index in [1.54, 1.807) is 0 Å². The molecule has 1 fully saturated rings. The first-order valence-corrected chi connectivity index (χ1v) is 5.92. The maximum absolute atomic E-state index is 12.3. The number of anilines is 1. The molecule has 1 aromatic rings. The number of aliphatic hydroxyl groups excluding tert-OH is 1. The van der Waals surface area contributed by atoms with Crippen molar-refractivity contribution in [3.05, 3.63) is 5.01 Å². The van der Waals surface area contributed by atoms with Gasteiger partial charge in [-0.3, -0.25) is 0 Å². The van der Waals surface area contributed by atoms with Gasteiger partial charge in [-0.25, -0.2) is 9.69 Å². The Hall–Kier alpha value is -1.13. The number of aliphatic hydroxyl groups is 1. The van der Waals surface area contributed by atoms with Crippen molar-refractivity contribution in [2.75, 3.05) is 17.4 Å². The SMILES string of the molecule is O=C1N(CCl)CC(O)N1c1nnc(C(F)(F)F)s1. The minimum absolute atomic E-state index is 0.0940. The number of nitrogens with zero attached hydrogens (tertiary/aromatic N) is 4. The molecule has 1 aliphatic rings. The third kappa shape index (κ3) is 2.22. The summed E-state index contributed by atoms with van der Waals surface area (Å²) in [5.74, 6) is 0. The fourth-order valence-corrected chi connectivity index (χ4v) is 2.32. The Kier molecular flexibility index (Phi) is 3.34. The van der Waals surface area contributed by atoms with Crippen LogP contribution in [0.15, 0.2) is 0 Å². The number of alkyl halides is 4. The second kappa shape index (κ2) is 4.52. The summed E-state index contributed by atoms with van der Waals surface area (Å²) in [5, 5.41) is 14.3. The first-order chi connectivity index (χ1) is 8.34. The van der Waals surface area contributed by atoms with Crippen LogP contribution in [-0.2, 0) is 6.18 Å². The second-order valence-corrected chi connectivity index (χ2v) is 4.56. The molecule has 0 radical (unpaired) electrons. The number of urea groups is 1. The molecule has 0 saturated carbocycles. The van der Waals surface area contributed by atoms with Gasteiger partial charge in [-0.05, 0) is 0 Å². The van der Waals surface area contributed by atoms with Gasteiger partial charge in [-0.15, -0.1) is 21.8 Å². The van der Waals surface area contributed by atoms with Crippen LogP contribution >= 0.6 is 22.9 Å². The maximum Gasteiger partial charge on any atom is 0.445 e. The van der Waals surface area contributed by atoms with Gasteiger partial charge in [0.15, 0.2) is 6.23 Å². The predicted molar refractivity (Wildman–Crippen MR) is 56.2 cm³/mol. The molecule has 6 nitrogen and oxygen atoms in total. The van der Waals surface area contributed by atoms with Crippen molar-refractivity contribution in [3.63, 3.8) is 0 Å². The van der Waals surface area contributed by atoms with E-state index in [0.29, 0.717) is 0 Å². The molecule has 2 heterocycles. The van der Waals surface area contributed by atoms with Crippen molar-refractivity contribution in [2.24, 2.45) is 0 Å². The van der Waals surface area contributed by atoms with E-state index in [0.717, 1.165) is 9.80 Å². The molecule has 100 valence electrons. The highest BCUT2D eigenvalue weighted by Gasteiger charge is 2.41. The molecule has 0 spiro atoms. The molecule has 1 N–H and O–H groups in total. The highest BCUT2D eigenvalue weighted by atomic mass is 35.5. The summed E-state index contributed by atoms with van der Waals surface area (Å²) in [6, 6.07) is -0.875. The Morgan fingerprint density at radius 3 is 2.61 bits per heavy atom. The first-order valence-electron chi connectivity index (χ1n) is 4.57. The number of carbonyl (C=O) groups is 1. The summed E-state index contributed by atoms with van der Waals surface area (Å²) < 4.78 is 37.0. The van der Waals surface area contributed by atoms with Crippen LogP contribution in [0.4, 0.5) is 23.1 Å². The highest BCUT2D eigenvalue weighted by molar-refractivity contribution is 7.15. The molecule has 2 amide bonds. The number of aromatic nitrogens is 2. The van der Waals surface area contributed by atoms with Gasteiger partial charge in [0, 0.05) is 0 Å². The lowest BCUT2D eigenvalue weighted by atomic mass is 10.5. The zero-order valence-electron chi connectivity index (χ0n) is 8.56. The van der Waals surface area contributed by atoms with Gasteiger partial charge >= 0.3 is 12.2 Å². The van der Waals surface area contributed by atoms with E-state index < -0.39 is 23.4 Å². The zero-order valence-corrected chi connectivity index (χ0v) is 10.1. The molecule has 1 saturated heterocycles. The number of halogens is 4. The Bertz CT molecular complexity index is 468. The topological polar surface area (TPSA) is 69.6 Å². The van der Waals surface area contributed by atoms with Gasteiger partial charge < -0.3 is 10.0 Å². The maximum atomic E-state index is 12.3. The summed E-state index contributed by atoms with van der Waals surface area (Å²) in [6.45, 7) is -0.0940. The lowest BCUT2D eigenvalue weighted by Gasteiger charge is -2.14. The smallest absolute Gasteiger partial charge is 0.371 e. The average Bonchev–Trinajstić information content (AvgIpc) is 2.83. The molecule has 1 atom stereocenters. The average molecular weight is 303 g/mol. The molecule has 18 heavy (non-hydrogen) atoms. The van der Waals surface area contributed by atoms with Crippen LogP contribution in [0.1, 0.15) is 5.01 Å². The van der Waals surface area contributed by atoms with Crippen LogP contribution in [0.2, 0.25) is 0 Å². The standard InChI is InChI=1S/C7H6ClF3N4O2S/c8-2-14-1-3(16)15(6(14)17)5-13-12-4(18-5)7(9,10)11/h3,16H,1-2H2. The van der Waals surface area contributed by atoms with E-state index >= 15 is 0 Å². The molecular formula is C7H6ClF3N4O2S. The van der Waals surface area contributed by atoms with Crippen molar-refractivity contribution in [1.29, 1.82) is 0 Å². The van der Waals surface area contributed by atoms with Crippen LogP contribution in [0, 0.1) is 0 Å². The van der Waals surface area contributed by atoms with Crippen molar-refractivity contribution >= 4 is 34.1 Å². The second-order valence-electron chi connectivity index (χ2n) is 3.36. The van der Waals surface area contributed by atoms with Crippen LogP contribution in [0.3, 0.4) is 0 Å². The number of hydrogen-bond acceptors (Lipinski definition) is 5. The van der Waals surface area contributed by atoms with E-state index in [-0.39, 0.29) is 29.0 Å². The molecule has 1 aliphatic heterocycles. The number of β-amino-alcohol motifs (C(OH)–C–C–N with tert-alkyl or cyclic N) is 1.